The summed E-state index contributed by atoms with van der Waals surface area (Å²) in [6, 6.07) is 0. The first-order valence-electron chi connectivity index (χ1n) is 15.1. The van der Waals surface area contributed by atoms with Crippen molar-refractivity contribution in [1.82, 2.24) is 0 Å². The lowest BCUT2D eigenvalue weighted by molar-refractivity contribution is -0.162. The van der Waals surface area contributed by atoms with Gasteiger partial charge in [-0.1, -0.05) is 107 Å². The number of hydrogen-bond donors (Lipinski definition) is 0. The number of rotatable bonds is 25. The minimum atomic E-state index is -0.260. The molecule has 4 nitrogen and oxygen atoms in total. The van der Waals surface area contributed by atoms with Crippen LogP contribution in [0.1, 0.15) is 129 Å². The molecule has 0 amide bonds. The third-order valence-corrected chi connectivity index (χ3v) is 8.42. The van der Waals surface area contributed by atoms with E-state index in [1.54, 1.807) is 0 Å². The fourth-order valence-corrected chi connectivity index (χ4v) is 5.52. The van der Waals surface area contributed by atoms with Crippen LogP contribution in [0, 0.1) is 23.7 Å². The van der Waals surface area contributed by atoms with Crippen LogP contribution in [0.3, 0.4) is 0 Å². The van der Waals surface area contributed by atoms with Crippen molar-refractivity contribution in [3.8, 4) is 0 Å². The van der Waals surface area contributed by atoms with E-state index in [1.807, 2.05) is 0 Å². The van der Waals surface area contributed by atoms with Gasteiger partial charge >= 0.3 is 5.97 Å². The first kappa shape index (κ1) is 31.1. The fraction of sp³-hybridized carbons (Fsp3) is 0.967. The van der Waals surface area contributed by atoms with Crippen molar-refractivity contribution >= 4 is 21.9 Å². The summed E-state index contributed by atoms with van der Waals surface area (Å²) in [6.07, 6.45) is 21.3. The van der Waals surface area contributed by atoms with Gasteiger partial charge < -0.3 is 14.2 Å². The van der Waals surface area contributed by atoms with Gasteiger partial charge in [0, 0.05) is 11.8 Å². The highest BCUT2D eigenvalue weighted by molar-refractivity contribution is 9.09. The summed E-state index contributed by atoms with van der Waals surface area (Å²) in [5, 5.41) is 1.05. The monoisotopic (exact) mass is 558 g/mol. The lowest BCUT2D eigenvalue weighted by atomic mass is 10.1. The number of ether oxygens (including phenoxy) is 3. The maximum absolute atomic E-state index is 12.2. The van der Waals surface area contributed by atoms with E-state index >= 15 is 0 Å². The van der Waals surface area contributed by atoms with E-state index in [2.05, 4.69) is 29.8 Å². The molecular formula is C30H55BrO4. The molecule has 35 heavy (non-hydrogen) atoms. The van der Waals surface area contributed by atoms with Crippen LogP contribution in [0.15, 0.2) is 0 Å². The number of alkyl halides is 1. The molecule has 0 aromatic carbocycles. The van der Waals surface area contributed by atoms with Crippen molar-refractivity contribution < 1.29 is 19.0 Å². The first-order valence-corrected chi connectivity index (χ1v) is 16.2. The summed E-state index contributed by atoms with van der Waals surface area (Å²) in [5.74, 6) is 2.97. The third kappa shape index (κ3) is 15.7. The highest BCUT2D eigenvalue weighted by Gasteiger charge is 2.38. The van der Waals surface area contributed by atoms with Gasteiger partial charge in [0.05, 0.1) is 26.2 Å². The van der Waals surface area contributed by atoms with Gasteiger partial charge in [0.1, 0.15) is 0 Å². The Morgan fingerprint density at radius 1 is 0.743 bits per heavy atom. The normalized spacial score (nSPS) is 23.9. The zero-order chi connectivity index (χ0) is 25.1. The van der Waals surface area contributed by atoms with Crippen LogP contribution in [-0.4, -0.2) is 37.4 Å². The molecule has 0 radical (unpaired) electrons. The van der Waals surface area contributed by atoms with E-state index in [0.29, 0.717) is 31.3 Å². The molecule has 0 N–H and O–H groups in total. The summed E-state index contributed by atoms with van der Waals surface area (Å²) < 4.78 is 17.9. The zero-order valence-corrected chi connectivity index (χ0v) is 24.5. The van der Waals surface area contributed by atoms with Crippen LogP contribution >= 0.6 is 15.9 Å². The Balaban J connectivity index is 1.62. The Bertz CT molecular complexity index is 498. The molecule has 2 saturated carbocycles. The van der Waals surface area contributed by atoms with Gasteiger partial charge in [-0.3, -0.25) is 4.79 Å². The molecule has 0 heterocycles. The third-order valence-electron chi connectivity index (χ3n) is 7.86. The Labute approximate surface area is 225 Å². The molecule has 5 heteroatoms. The predicted octanol–water partition coefficient (Wildman–Crippen LogP) is 8.84. The molecule has 2 fully saturated rings. The standard InChI is InChI=1S/C30H55BrO4/c1-3-5-7-11-15-25-21-27(25)23-34-30(18-17-29(32)33-20-14-10-9-13-19-31)35-24-28-22-26(28)16-12-8-6-4-2/h25-28,30H,3-24H2,1-2H3. The van der Waals surface area contributed by atoms with E-state index in [0.717, 1.165) is 43.2 Å². The molecule has 2 rings (SSSR count). The Kier molecular flexibility index (Phi) is 17.7. The topological polar surface area (TPSA) is 44.8 Å². The molecule has 2 aliphatic carbocycles. The van der Waals surface area contributed by atoms with Crippen LogP contribution in [0.4, 0.5) is 0 Å². The smallest absolute Gasteiger partial charge is 0.305 e. The van der Waals surface area contributed by atoms with E-state index in [4.69, 9.17) is 14.2 Å². The average Bonchev–Trinajstić information content (AvgIpc) is 3.78. The number of carbonyl (C=O) groups is 1. The molecule has 0 aromatic rings. The van der Waals surface area contributed by atoms with Crippen molar-refractivity contribution in [3.05, 3.63) is 0 Å². The van der Waals surface area contributed by atoms with Gasteiger partial charge in [-0.15, -0.1) is 0 Å². The van der Waals surface area contributed by atoms with Crippen LogP contribution in [0.25, 0.3) is 0 Å². The maximum Gasteiger partial charge on any atom is 0.305 e. The van der Waals surface area contributed by atoms with Gasteiger partial charge in [0.15, 0.2) is 6.29 Å². The Morgan fingerprint density at radius 2 is 1.29 bits per heavy atom. The van der Waals surface area contributed by atoms with Crippen molar-refractivity contribution in [1.29, 1.82) is 0 Å². The largest absolute Gasteiger partial charge is 0.466 e. The average molecular weight is 560 g/mol. The molecule has 0 spiro atoms. The molecule has 0 aromatic heterocycles. The molecule has 0 saturated heterocycles. The highest BCUT2D eigenvalue weighted by atomic mass is 79.9. The molecule has 0 aliphatic heterocycles. The lowest BCUT2D eigenvalue weighted by Crippen LogP contribution is -2.22. The quantitative estimate of drug-likeness (QED) is 0.0485. The van der Waals surface area contributed by atoms with Gasteiger partial charge in [0.25, 0.3) is 0 Å². The second kappa shape index (κ2) is 19.9. The summed E-state index contributed by atoms with van der Waals surface area (Å²) in [5.41, 5.74) is 0. The number of hydrogen-bond acceptors (Lipinski definition) is 4. The van der Waals surface area contributed by atoms with E-state index in [9.17, 15) is 4.79 Å². The zero-order valence-electron chi connectivity index (χ0n) is 23.0. The molecule has 0 bridgehead atoms. The lowest BCUT2D eigenvalue weighted by Gasteiger charge is -2.19. The predicted molar refractivity (Wildman–Crippen MR) is 149 cm³/mol. The minimum absolute atomic E-state index is 0.108. The summed E-state index contributed by atoms with van der Waals surface area (Å²) in [4.78, 5) is 12.2. The van der Waals surface area contributed by atoms with Gasteiger partial charge in [-0.05, 0) is 49.4 Å². The molecule has 206 valence electrons. The van der Waals surface area contributed by atoms with Crippen molar-refractivity contribution in [2.45, 2.75) is 136 Å². The van der Waals surface area contributed by atoms with Crippen LogP contribution in [0.2, 0.25) is 0 Å². The molecule has 2 aliphatic rings. The SMILES string of the molecule is CCCCCCC1CC1COC(CCC(=O)OCCCCCCBr)OCC1CC1CCCCCC. The van der Waals surface area contributed by atoms with E-state index < -0.39 is 0 Å². The van der Waals surface area contributed by atoms with Crippen LogP contribution < -0.4 is 0 Å². The molecular weight excluding hydrogens is 504 g/mol. The van der Waals surface area contributed by atoms with E-state index in [1.165, 1.54) is 89.9 Å². The van der Waals surface area contributed by atoms with Gasteiger partial charge in [0.2, 0.25) is 0 Å². The summed E-state index contributed by atoms with van der Waals surface area (Å²) >= 11 is 3.46. The Hall–Kier alpha value is -0.130. The summed E-state index contributed by atoms with van der Waals surface area (Å²) in [7, 11) is 0. The number of unbranched alkanes of at least 4 members (excludes halogenated alkanes) is 9. The number of halogens is 1. The minimum Gasteiger partial charge on any atom is -0.466 e. The second-order valence-electron chi connectivity index (χ2n) is 11.2. The van der Waals surface area contributed by atoms with Crippen LogP contribution in [0.5, 0.6) is 0 Å². The molecule has 4 atom stereocenters. The van der Waals surface area contributed by atoms with Gasteiger partial charge in [-0.25, -0.2) is 0 Å². The number of esters is 1. The maximum atomic E-state index is 12.2. The highest BCUT2D eigenvalue weighted by Crippen LogP contribution is 2.44. The fourth-order valence-electron chi connectivity index (χ4n) is 5.12. The molecule has 4 unspecified atom stereocenters. The second-order valence-corrected chi connectivity index (χ2v) is 12.0. The van der Waals surface area contributed by atoms with Crippen molar-refractivity contribution in [3.63, 3.8) is 0 Å². The van der Waals surface area contributed by atoms with Crippen molar-refractivity contribution in [2.75, 3.05) is 25.2 Å². The number of carbonyl (C=O) groups excluding carboxylic acids is 1. The first-order chi connectivity index (χ1) is 17.2. The Morgan fingerprint density at radius 3 is 1.83 bits per heavy atom. The van der Waals surface area contributed by atoms with Crippen LogP contribution in [-0.2, 0) is 19.0 Å². The summed E-state index contributed by atoms with van der Waals surface area (Å²) in [6.45, 7) is 6.66. The van der Waals surface area contributed by atoms with E-state index in [-0.39, 0.29) is 12.3 Å². The van der Waals surface area contributed by atoms with Crippen molar-refractivity contribution in [2.24, 2.45) is 23.7 Å². The van der Waals surface area contributed by atoms with Gasteiger partial charge in [-0.2, -0.15) is 0 Å².